The first kappa shape index (κ1) is 20.6. The molecule has 2 aliphatic rings. The van der Waals surface area contributed by atoms with Gasteiger partial charge in [0.15, 0.2) is 16.6 Å². The van der Waals surface area contributed by atoms with Gasteiger partial charge >= 0.3 is 0 Å². The molecular formula is C21H26N4O4S. The van der Waals surface area contributed by atoms with Gasteiger partial charge in [0, 0.05) is 42.1 Å². The van der Waals surface area contributed by atoms with Crippen LogP contribution >= 0.6 is 11.3 Å². The SMILES string of the molecule is COc1ccc(NC(=O)CN2CCc3nc(NC(=O)C4CCC4)sc3C2)cc1OC. The third kappa shape index (κ3) is 4.57. The van der Waals surface area contributed by atoms with Crippen LogP contribution in [0.15, 0.2) is 18.2 Å². The lowest BCUT2D eigenvalue weighted by molar-refractivity contribution is -0.122. The highest BCUT2D eigenvalue weighted by molar-refractivity contribution is 7.15. The summed E-state index contributed by atoms with van der Waals surface area (Å²) in [6, 6.07) is 5.29. The van der Waals surface area contributed by atoms with Crippen LogP contribution in [0, 0.1) is 5.92 Å². The standard InChI is InChI=1S/C21H26N4O4S/c1-28-16-7-6-14(10-17(16)29-2)22-19(26)12-25-9-8-15-18(11-25)30-21(23-15)24-20(27)13-4-3-5-13/h6-7,10,13H,3-5,8-9,11-12H2,1-2H3,(H,22,26)(H,23,24,27). The lowest BCUT2D eigenvalue weighted by atomic mass is 9.85. The molecule has 1 fully saturated rings. The quantitative estimate of drug-likeness (QED) is 0.702. The highest BCUT2D eigenvalue weighted by Gasteiger charge is 2.27. The van der Waals surface area contributed by atoms with Crippen molar-refractivity contribution in [2.75, 3.05) is 37.9 Å². The van der Waals surface area contributed by atoms with E-state index in [1.807, 2.05) is 0 Å². The number of hydrogen-bond acceptors (Lipinski definition) is 7. The number of fused-ring (bicyclic) bond motifs is 1. The van der Waals surface area contributed by atoms with Crippen molar-refractivity contribution < 1.29 is 19.1 Å². The number of nitrogens with zero attached hydrogens (tertiary/aromatic N) is 2. The monoisotopic (exact) mass is 430 g/mol. The van der Waals surface area contributed by atoms with Gasteiger partial charge in [-0.25, -0.2) is 4.98 Å². The molecule has 0 spiro atoms. The smallest absolute Gasteiger partial charge is 0.238 e. The highest BCUT2D eigenvalue weighted by Crippen LogP contribution is 2.32. The van der Waals surface area contributed by atoms with E-state index < -0.39 is 0 Å². The number of benzene rings is 1. The Bertz CT molecular complexity index is 941. The van der Waals surface area contributed by atoms with Crippen LogP contribution in [-0.4, -0.2) is 49.0 Å². The molecule has 30 heavy (non-hydrogen) atoms. The number of methoxy groups -OCH3 is 2. The fraction of sp³-hybridized carbons (Fsp3) is 0.476. The van der Waals surface area contributed by atoms with Crippen LogP contribution in [-0.2, 0) is 22.6 Å². The molecule has 2 amide bonds. The molecule has 1 aromatic carbocycles. The summed E-state index contributed by atoms with van der Waals surface area (Å²) < 4.78 is 10.5. The molecule has 0 bridgehead atoms. The first-order valence-corrected chi connectivity index (χ1v) is 10.9. The minimum absolute atomic E-state index is 0.0819. The molecule has 160 valence electrons. The Kier molecular flexibility index (Phi) is 6.19. The van der Waals surface area contributed by atoms with Gasteiger partial charge in [0.1, 0.15) is 0 Å². The Hall–Kier alpha value is -2.65. The zero-order chi connectivity index (χ0) is 21.1. The van der Waals surface area contributed by atoms with E-state index in [1.165, 1.54) is 11.3 Å². The first-order chi connectivity index (χ1) is 14.6. The molecule has 0 unspecified atom stereocenters. The lowest BCUT2D eigenvalue weighted by Gasteiger charge is -2.25. The van der Waals surface area contributed by atoms with E-state index in [-0.39, 0.29) is 24.3 Å². The Labute approximate surface area is 179 Å². The van der Waals surface area contributed by atoms with Gasteiger partial charge in [0.25, 0.3) is 0 Å². The van der Waals surface area contributed by atoms with Crippen molar-refractivity contribution in [2.24, 2.45) is 5.92 Å². The summed E-state index contributed by atoms with van der Waals surface area (Å²) in [7, 11) is 3.14. The maximum Gasteiger partial charge on any atom is 0.238 e. The van der Waals surface area contributed by atoms with Gasteiger partial charge in [-0.05, 0) is 25.0 Å². The number of hydrogen-bond donors (Lipinski definition) is 2. The second-order valence-electron chi connectivity index (χ2n) is 7.58. The summed E-state index contributed by atoms with van der Waals surface area (Å²) in [5.74, 6) is 1.32. The molecule has 8 nitrogen and oxygen atoms in total. The van der Waals surface area contributed by atoms with E-state index >= 15 is 0 Å². The number of thiazole rings is 1. The number of rotatable bonds is 7. The van der Waals surface area contributed by atoms with Crippen LogP contribution in [0.2, 0.25) is 0 Å². The lowest BCUT2D eigenvalue weighted by Crippen LogP contribution is -2.36. The molecule has 0 saturated heterocycles. The van der Waals surface area contributed by atoms with E-state index in [9.17, 15) is 9.59 Å². The number of amides is 2. The number of nitrogens with one attached hydrogen (secondary N) is 2. The second kappa shape index (κ2) is 9.01. The molecule has 2 heterocycles. The molecule has 1 aliphatic heterocycles. The number of aromatic nitrogens is 1. The van der Waals surface area contributed by atoms with Crippen molar-refractivity contribution in [1.82, 2.24) is 9.88 Å². The van der Waals surface area contributed by atoms with E-state index in [4.69, 9.17) is 9.47 Å². The molecule has 9 heteroatoms. The van der Waals surface area contributed by atoms with Crippen LogP contribution in [0.5, 0.6) is 11.5 Å². The fourth-order valence-electron chi connectivity index (χ4n) is 3.63. The molecule has 1 aromatic heterocycles. The summed E-state index contributed by atoms with van der Waals surface area (Å²) in [5.41, 5.74) is 1.69. The van der Waals surface area contributed by atoms with Gasteiger partial charge in [0.2, 0.25) is 11.8 Å². The van der Waals surface area contributed by atoms with E-state index in [0.717, 1.165) is 42.8 Å². The topological polar surface area (TPSA) is 92.8 Å². The molecule has 0 atom stereocenters. The molecule has 2 N–H and O–H groups in total. The Balaban J connectivity index is 1.32. The van der Waals surface area contributed by atoms with Crippen molar-refractivity contribution in [3.8, 4) is 11.5 Å². The van der Waals surface area contributed by atoms with Gasteiger partial charge < -0.3 is 20.1 Å². The molecule has 0 radical (unpaired) electrons. The minimum atomic E-state index is -0.0892. The predicted octanol–water partition coefficient (Wildman–Crippen LogP) is 2.90. The first-order valence-electron chi connectivity index (χ1n) is 10.1. The summed E-state index contributed by atoms with van der Waals surface area (Å²) in [5, 5.41) is 6.54. The molecule has 1 aliphatic carbocycles. The molecule has 2 aromatic rings. The van der Waals surface area contributed by atoms with Gasteiger partial charge in [-0.1, -0.05) is 6.42 Å². The molecular weight excluding hydrogens is 404 g/mol. The normalized spacial score (nSPS) is 16.3. The zero-order valence-corrected chi connectivity index (χ0v) is 18.0. The Morgan fingerprint density at radius 1 is 1.20 bits per heavy atom. The fourth-order valence-corrected chi connectivity index (χ4v) is 4.69. The van der Waals surface area contributed by atoms with Crippen LogP contribution in [0.25, 0.3) is 0 Å². The maximum absolute atomic E-state index is 12.5. The van der Waals surface area contributed by atoms with E-state index in [2.05, 4.69) is 20.5 Å². The summed E-state index contributed by atoms with van der Waals surface area (Å²) in [6.07, 6.45) is 3.85. The predicted molar refractivity (Wildman–Crippen MR) is 115 cm³/mol. The van der Waals surface area contributed by atoms with E-state index in [1.54, 1.807) is 32.4 Å². The van der Waals surface area contributed by atoms with Crippen molar-refractivity contribution in [3.63, 3.8) is 0 Å². The third-order valence-corrected chi connectivity index (χ3v) is 6.55. The summed E-state index contributed by atoms with van der Waals surface area (Å²) in [6.45, 7) is 1.70. The van der Waals surface area contributed by atoms with Crippen LogP contribution in [0.3, 0.4) is 0 Å². The Morgan fingerprint density at radius 2 is 2.00 bits per heavy atom. The zero-order valence-electron chi connectivity index (χ0n) is 17.2. The van der Waals surface area contributed by atoms with E-state index in [0.29, 0.717) is 28.9 Å². The molecule has 1 saturated carbocycles. The van der Waals surface area contributed by atoms with Gasteiger partial charge in [0.05, 0.1) is 26.5 Å². The van der Waals surface area contributed by atoms with Crippen LogP contribution in [0.1, 0.15) is 29.8 Å². The number of ether oxygens (including phenoxy) is 2. The van der Waals surface area contributed by atoms with Crippen LogP contribution < -0.4 is 20.1 Å². The highest BCUT2D eigenvalue weighted by atomic mass is 32.1. The average Bonchev–Trinajstić information content (AvgIpc) is 3.07. The van der Waals surface area contributed by atoms with Crippen molar-refractivity contribution >= 4 is 34.0 Å². The summed E-state index contributed by atoms with van der Waals surface area (Å²) >= 11 is 1.51. The van der Waals surface area contributed by atoms with Gasteiger partial charge in [-0.15, -0.1) is 11.3 Å². The van der Waals surface area contributed by atoms with Crippen molar-refractivity contribution in [1.29, 1.82) is 0 Å². The maximum atomic E-state index is 12.5. The number of anilines is 2. The minimum Gasteiger partial charge on any atom is -0.493 e. The number of carbonyl (C=O) groups excluding carboxylic acids is 2. The van der Waals surface area contributed by atoms with Gasteiger partial charge in [-0.3, -0.25) is 14.5 Å². The number of carbonyl (C=O) groups is 2. The third-order valence-electron chi connectivity index (χ3n) is 5.55. The largest absolute Gasteiger partial charge is 0.493 e. The average molecular weight is 431 g/mol. The van der Waals surface area contributed by atoms with Crippen molar-refractivity contribution in [2.45, 2.75) is 32.2 Å². The second-order valence-corrected chi connectivity index (χ2v) is 8.67. The summed E-state index contributed by atoms with van der Waals surface area (Å²) in [4.78, 5) is 32.5. The Morgan fingerprint density at radius 3 is 2.70 bits per heavy atom. The van der Waals surface area contributed by atoms with Gasteiger partial charge in [-0.2, -0.15) is 0 Å². The van der Waals surface area contributed by atoms with Crippen LogP contribution in [0.4, 0.5) is 10.8 Å². The van der Waals surface area contributed by atoms with Crippen molar-refractivity contribution in [3.05, 3.63) is 28.8 Å². The molecule has 4 rings (SSSR count).